The third-order valence-electron chi connectivity index (χ3n) is 3.94. The second-order valence-corrected chi connectivity index (χ2v) is 6.04. The molecule has 27 heavy (non-hydrogen) atoms. The third-order valence-corrected chi connectivity index (χ3v) is 3.94. The number of aryl methyl sites for hydroxylation is 1. The van der Waals surface area contributed by atoms with Gasteiger partial charge in [0.15, 0.2) is 5.82 Å². The molecule has 0 aliphatic rings. The van der Waals surface area contributed by atoms with Crippen molar-refractivity contribution in [1.82, 2.24) is 30.5 Å². The van der Waals surface area contributed by atoms with Gasteiger partial charge in [-0.3, -0.25) is 14.8 Å². The van der Waals surface area contributed by atoms with Gasteiger partial charge in [-0.1, -0.05) is 6.07 Å². The van der Waals surface area contributed by atoms with Crippen molar-refractivity contribution in [2.24, 2.45) is 0 Å². The fraction of sp³-hybridized carbons (Fsp3) is 0.278. The van der Waals surface area contributed by atoms with Crippen LogP contribution in [0.4, 0.5) is 5.82 Å². The van der Waals surface area contributed by atoms with E-state index in [0.29, 0.717) is 23.8 Å². The minimum atomic E-state index is -0.360. The number of hydrogen-bond acceptors (Lipinski definition) is 6. The first-order chi connectivity index (χ1) is 13.1. The average molecular weight is 367 g/mol. The molecule has 3 aromatic rings. The molecule has 0 bridgehead atoms. The van der Waals surface area contributed by atoms with Crippen LogP contribution in [0.1, 0.15) is 41.3 Å². The van der Waals surface area contributed by atoms with Gasteiger partial charge in [0.1, 0.15) is 5.82 Å². The molecule has 3 heterocycles. The Morgan fingerprint density at radius 3 is 2.78 bits per heavy atom. The summed E-state index contributed by atoms with van der Waals surface area (Å²) in [5.74, 6) is 0.898. The summed E-state index contributed by atoms with van der Waals surface area (Å²) in [6.07, 6.45) is 4.90. The predicted molar refractivity (Wildman–Crippen MR) is 100 cm³/mol. The van der Waals surface area contributed by atoms with Crippen LogP contribution in [0, 0.1) is 0 Å². The van der Waals surface area contributed by atoms with Gasteiger partial charge in [-0.2, -0.15) is 5.10 Å². The number of pyridine rings is 2. The van der Waals surface area contributed by atoms with Crippen LogP contribution in [0.5, 0.6) is 0 Å². The summed E-state index contributed by atoms with van der Waals surface area (Å²) >= 11 is 0. The summed E-state index contributed by atoms with van der Waals surface area (Å²) < 4.78 is 0. The van der Waals surface area contributed by atoms with E-state index in [2.05, 4.69) is 35.8 Å². The molecule has 0 aliphatic carbocycles. The van der Waals surface area contributed by atoms with E-state index in [0.717, 1.165) is 18.5 Å². The largest absolute Gasteiger partial charge is 0.360 e. The zero-order valence-corrected chi connectivity index (χ0v) is 14.9. The van der Waals surface area contributed by atoms with E-state index in [-0.39, 0.29) is 17.6 Å². The fourth-order valence-corrected chi connectivity index (χ4v) is 2.51. The molecule has 0 saturated carbocycles. The summed E-state index contributed by atoms with van der Waals surface area (Å²) in [5, 5.41) is 12.2. The van der Waals surface area contributed by atoms with Crippen LogP contribution < -0.4 is 16.3 Å². The second kappa shape index (κ2) is 8.75. The molecule has 1 amide bonds. The molecule has 0 aromatic carbocycles. The number of H-pyrrole nitrogens is 2. The molecular weight excluding hydrogens is 346 g/mol. The van der Waals surface area contributed by atoms with Gasteiger partial charge in [-0.05, 0) is 44.0 Å². The van der Waals surface area contributed by atoms with Gasteiger partial charge in [0.05, 0.1) is 11.6 Å². The van der Waals surface area contributed by atoms with Gasteiger partial charge in [0.25, 0.3) is 5.91 Å². The monoisotopic (exact) mass is 367 g/mol. The van der Waals surface area contributed by atoms with Crippen LogP contribution in [-0.4, -0.2) is 37.6 Å². The van der Waals surface area contributed by atoms with Crippen molar-refractivity contribution in [3.8, 4) is 0 Å². The van der Waals surface area contributed by atoms with Crippen molar-refractivity contribution in [3.63, 3.8) is 0 Å². The SMILES string of the molecule is C[C@@H](Nc1ccc(C(=O)NCCCc2ccccn2)cn1)c1n[nH]c(=O)[nH]1. The number of nitrogens with one attached hydrogen (secondary N) is 4. The minimum absolute atomic E-state index is 0.167. The highest BCUT2D eigenvalue weighted by molar-refractivity contribution is 5.94. The Balaban J connectivity index is 1.46. The van der Waals surface area contributed by atoms with Gasteiger partial charge in [0.2, 0.25) is 0 Å². The van der Waals surface area contributed by atoms with Crippen LogP contribution in [0.25, 0.3) is 0 Å². The highest BCUT2D eigenvalue weighted by Crippen LogP contribution is 2.13. The van der Waals surface area contributed by atoms with Gasteiger partial charge in [0, 0.05) is 24.6 Å². The molecule has 0 fully saturated rings. The van der Waals surface area contributed by atoms with Crippen molar-refractivity contribution >= 4 is 11.7 Å². The predicted octanol–water partition coefficient (Wildman–Crippen LogP) is 1.42. The lowest BCUT2D eigenvalue weighted by Crippen LogP contribution is -2.25. The Morgan fingerprint density at radius 1 is 1.22 bits per heavy atom. The Labute approximate surface area is 155 Å². The number of rotatable bonds is 8. The van der Waals surface area contributed by atoms with Crippen molar-refractivity contribution in [3.05, 3.63) is 70.3 Å². The molecule has 0 saturated heterocycles. The van der Waals surface area contributed by atoms with Gasteiger partial charge in [-0.25, -0.2) is 14.9 Å². The zero-order chi connectivity index (χ0) is 19.1. The van der Waals surface area contributed by atoms with E-state index in [9.17, 15) is 9.59 Å². The van der Waals surface area contributed by atoms with E-state index in [1.807, 2.05) is 25.1 Å². The topological polar surface area (TPSA) is 128 Å². The van der Waals surface area contributed by atoms with E-state index >= 15 is 0 Å². The smallest absolute Gasteiger partial charge is 0.340 e. The Kier molecular flexibility index (Phi) is 5.93. The quantitative estimate of drug-likeness (QED) is 0.446. The number of aromatic amines is 2. The minimum Gasteiger partial charge on any atom is -0.360 e. The zero-order valence-electron chi connectivity index (χ0n) is 14.9. The summed E-state index contributed by atoms with van der Waals surface area (Å²) in [5.41, 5.74) is 1.14. The van der Waals surface area contributed by atoms with Crippen molar-refractivity contribution in [1.29, 1.82) is 0 Å². The molecule has 4 N–H and O–H groups in total. The molecule has 9 nitrogen and oxygen atoms in total. The Bertz CT molecular complexity index is 919. The second-order valence-electron chi connectivity index (χ2n) is 6.04. The number of carbonyl (C=O) groups excluding carboxylic acids is 1. The highest BCUT2D eigenvalue weighted by atomic mass is 16.2. The standard InChI is InChI=1S/C18H21N7O2/c1-12(16-23-18(27)25-24-16)22-15-8-7-13(11-21-15)17(26)20-10-4-6-14-5-2-3-9-19-14/h2-3,5,7-9,11-12H,4,6,10H2,1H3,(H,20,26)(H,21,22)(H2,23,24,25,27)/t12-/m1/s1. The van der Waals surface area contributed by atoms with Crippen LogP contribution in [0.2, 0.25) is 0 Å². The molecule has 3 rings (SSSR count). The molecule has 0 radical (unpaired) electrons. The Hall–Kier alpha value is -3.49. The van der Waals surface area contributed by atoms with Gasteiger partial charge >= 0.3 is 5.69 Å². The summed E-state index contributed by atoms with van der Waals surface area (Å²) in [4.78, 5) is 34.3. The summed E-state index contributed by atoms with van der Waals surface area (Å²) in [6.45, 7) is 2.41. The lowest BCUT2D eigenvalue weighted by Gasteiger charge is -2.11. The maximum absolute atomic E-state index is 12.2. The first-order valence-electron chi connectivity index (χ1n) is 8.67. The molecular formula is C18H21N7O2. The maximum atomic E-state index is 12.2. The lowest BCUT2D eigenvalue weighted by molar-refractivity contribution is 0.0953. The number of anilines is 1. The first kappa shape index (κ1) is 18.3. The normalized spacial score (nSPS) is 11.7. The van der Waals surface area contributed by atoms with Crippen LogP contribution in [0.3, 0.4) is 0 Å². The van der Waals surface area contributed by atoms with Crippen molar-refractivity contribution in [2.45, 2.75) is 25.8 Å². The number of carbonyl (C=O) groups is 1. The van der Waals surface area contributed by atoms with E-state index in [1.54, 1.807) is 18.3 Å². The van der Waals surface area contributed by atoms with Gasteiger partial charge in [-0.15, -0.1) is 0 Å². The average Bonchev–Trinajstić information content (AvgIpc) is 3.13. The van der Waals surface area contributed by atoms with Gasteiger partial charge < -0.3 is 10.6 Å². The molecule has 0 unspecified atom stereocenters. The number of nitrogens with zero attached hydrogens (tertiary/aromatic N) is 3. The van der Waals surface area contributed by atoms with Crippen LogP contribution >= 0.6 is 0 Å². The lowest BCUT2D eigenvalue weighted by atomic mass is 10.2. The fourth-order valence-electron chi connectivity index (χ4n) is 2.51. The molecule has 140 valence electrons. The maximum Gasteiger partial charge on any atom is 0.340 e. The summed E-state index contributed by atoms with van der Waals surface area (Å²) in [6, 6.07) is 8.98. The number of hydrogen-bond donors (Lipinski definition) is 4. The first-order valence-corrected chi connectivity index (χ1v) is 8.67. The van der Waals surface area contributed by atoms with Crippen LogP contribution in [-0.2, 0) is 6.42 Å². The number of amides is 1. The summed E-state index contributed by atoms with van der Waals surface area (Å²) in [7, 11) is 0. The van der Waals surface area contributed by atoms with E-state index < -0.39 is 0 Å². The van der Waals surface area contributed by atoms with E-state index in [4.69, 9.17) is 0 Å². The number of aromatic nitrogens is 5. The molecule has 0 spiro atoms. The molecule has 3 aromatic heterocycles. The highest BCUT2D eigenvalue weighted by Gasteiger charge is 2.11. The molecule has 0 aliphatic heterocycles. The van der Waals surface area contributed by atoms with Crippen molar-refractivity contribution < 1.29 is 4.79 Å². The third kappa shape index (κ3) is 5.24. The van der Waals surface area contributed by atoms with Crippen LogP contribution in [0.15, 0.2) is 47.5 Å². The van der Waals surface area contributed by atoms with Crippen molar-refractivity contribution in [2.75, 3.05) is 11.9 Å². The van der Waals surface area contributed by atoms with E-state index in [1.165, 1.54) is 6.20 Å². The Morgan fingerprint density at radius 2 is 2.11 bits per heavy atom. The molecule has 9 heteroatoms. The molecule has 1 atom stereocenters.